The lowest BCUT2D eigenvalue weighted by Gasteiger charge is -2.03. The van der Waals surface area contributed by atoms with E-state index in [1.165, 1.54) is 0 Å². The molecule has 2 aromatic rings. The third-order valence-electron chi connectivity index (χ3n) is 2.04. The van der Waals surface area contributed by atoms with E-state index in [-0.39, 0.29) is 0 Å². The molecule has 0 unspecified atom stereocenters. The van der Waals surface area contributed by atoms with Gasteiger partial charge in [-0.15, -0.1) is 0 Å². The van der Waals surface area contributed by atoms with E-state index >= 15 is 0 Å². The van der Waals surface area contributed by atoms with E-state index in [2.05, 4.69) is 9.97 Å². The van der Waals surface area contributed by atoms with E-state index in [1.54, 1.807) is 24.8 Å². The molecule has 0 saturated carbocycles. The van der Waals surface area contributed by atoms with Crippen molar-refractivity contribution in [3.63, 3.8) is 0 Å². The second kappa shape index (κ2) is 5.22. The number of rotatable bonds is 4. The summed E-state index contributed by atoms with van der Waals surface area (Å²) in [4.78, 5) is 7.90. The number of hydrogen-bond acceptors (Lipinski definition) is 3. The molecule has 0 aliphatic carbocycles. The molecule has 2 heterocycles. The van der Waals surface area contributed by atoms with Crippen LogP contribution in [0, 0.1) is 0 Å². The van der Waals surface area contributed by atoms with Crippen LogP contribution in [0.3, 0.4) is 0 Å². The van der Waals surface area contributed by atoms with Gasteiger partial charge in [0.25, 0.3) is 0 Å². The van der Waals surface area contributed by atoms with E-state index in [1.807, 2.05) is 24.3 Å². The van der Waals surface area contributed by atoms with E-state index < -0.39 is 0 Å². The fourth-order valence-electron chi connectivity index (χ4n) is 1.24. The van der Waals surface area contributed by atoms with Crippen molar-refractivity contribution in [3.8, 4) is 0 Å². The van der Waals surface area contributed by atoms with Crippen LogP contribution in [0.25, 0.3) is 0 Å². The molecule has 0 fully saturated rings. The van der Waals surface area contributed by atoms with E-state index in [4.69, 9.17) is 4.74 Å². The van der Waals surface area contributed by atoms with Crippen molar-refractivity contribution in [1.29, 1.82) is 0 Å². The van der Waals surface area contributed by atoms with Crippen molar-refractivity contribution >= 4 is 0 Å². The Labute approximate surface area is 88.8 Å². The van der Waals surface area contributed by atoms with Crippen molar-refractivity contribution in [2.45, 2.75) is 13.2 Å². The summed E-state index contributed by atoms with van der Waals surface area (Å²) >= 11 is 0. The zero-order valence-electron chi connectivity index (χ0n) is 8.34. The zero-order valence-corrected chi connectivity index (χ0v) is 8.34. The number of ether oxygens (including phenoxy) is 1. The molecular formula is C12H12N2O. The maximum Gasteiger partial charge on any atom is 0.0722 e. The monoisotopic (exact) mass is 200 g/mol. The summed E-state index contributed by atoms with van der Waals surface area (Å²) in [5, 5.41) is 0. The van der Waals surface area contributed by atoms with Crippen LogP contribution >= 0.6 is 0 Å². The van der Waals surface area contributed by atoms with Crippen LogP contribution in [0.2, 0.25) is 0 Å². The Morgan fingerprint density at radius 2 is 1.13 bits per heavy atom. The summed E-state index contributed by atoms with van der Waals surface area (Å²) in [7, 11) is 0. The average Bonchev–Trinajstić information content (AvgIpc) is 2.32. The Morgan fingerprint density at radius 1 is 0.733 bits per heavy atom. The molecule has 2 rings (SSSR count). The van der Waals surface area contributed by atoms with Crippen LogP contribution in [0.5, 0.6) is 0 Å². The molecule has 0 aliphatic rings. The average molecular weight is 200 g/mol. The van der Waals surface area contributed by atoms with Crippen LogP contribution in [-0.2, 0) is 18.0 Å². The Hall–Kier alpha value is -1.74. The maximum atomic E-state index is 5.55. The van der Waals surface area contributed by atoms with Gasteiger partial charge in [-0.05, 0) is 35.4 Å². The van der Waals surface area contributed by atoms with Crippen LogP contribution < -0.4 is 0 Å². The molecule has 0 aromatic carbocycles. The van der Waals surface area contributed by atoms with Crippen LogP contribution in [0.1, 0.15) is 11.1 Å². The van der Waals surface area contributed by atoms with Crippen LogP contribution in [0.4, 0.5) is 0 Å². The van der Waals surface area contributed by atoms with Crippen molar-refractivity contribution in [2.24, 2.45) is 0 Å². The number of pyridine rings is 2. The summed E-state index contributed by atoms with van der Waals surface area (Å²) in [5.74, 6) is 0. The first-order valence-corrected chi connectivity index (χ1v) is 4.81. The van der Waals surface area contributed by atoms with Gasteiger partial charge >= 0.3 is 0 Å². The van der Waals surface area contributed by atoms with Crippen molar-refractivity contribution in [1.82, 2.24) is 9.97 Å². The van der Waals surface area contributed by atoms with Gasteiger partial charge in [-0.2, -0.15) is 0 Å². The first-order chi connectivity index (χ1) is 7.45. The fourth-order valence-corrected chi connectivity index (χ4v) is 1.24. The normalized spacial score (nSPS) is 10.1. The molecule has 0 aliphatic heterocycles. The summed E-state index contributed by atoms with van der Waals surface area (Å²) < 4.78 is 5.55. The second-order valence-electron chi connectivity index (χ2n) is 3.20. The number of nitrogens with zero attached hydrogens (tertiary/aromatic N) is 2. The van der Waals surface area contributed by atoms with Crippen LogP contribution in [-0.4, -0.2) is 9.97 Å². The van der Waals surface area contributed by atoms with Crippen molar-refractivity contribution in [2.75, 3.05) is 0 Å². The minimum atomic E-state index is 0.616. The smallest absolute Gasteiger partial charge is 0.0722 e. The third-order valence-corrected chi connectivity index (χ3v) is 2.04. The minimum Gasteiger partial charge on any atom is -0.372 e. The first kappa shape index (κ1) is 9.80. The molecular weight excluding hydrogens is 188 g/mol. The summed E-state index contributed by atoms with van der Waals surface area (Å²) in [6.07, 6.45) is 7.08. The summed E-state index contributed by atoms with van der Waals surface area (Å²) in [5.41, 5.74) is 2.28. The van der Waals surface area contributed by atoms with Crippen LogP contribution in [0.15, 0.2) is 49.1 Å². The molecule has 0 atom stereocenters. The van der Waals surface area contributed by atoms with E-state index in [0.29, 0.717) is 13.2 Å². The summed E-state index contributed by atoms with van der Waals surface area (Å²) in [6.45, 7) is 1.23. The van der Waals surface area contributed by atoms with Gasteiger partial charge < -0.3 is 4.74 Å². The van der Waals surface area contributed by atoms with Gasteiger partial charge in [-0.25, -0.2) is 0 Å². The molecule has 2 aromatic heterocycles. The van der Waals surface area contributed by atoms with Gasteiger partial charge in [0.1, 0.15) is 0 Å². The highest BCUT2D eigenvalue weighted by Gasteiger charge is 1.93. The predicted molar refractivity (Wildman–Crippen MR) is 57.0 cm³/mol. The van der Waals surface area contributed by atoms with Gasteiger partial charge in [0, 0.05) is 24.8 Å². The lowest BCUT2D eigenvalue weighted by Crippen LogP contribution is -1.94. The molecule has 0 radical (unpaired) electrons. The Kier molecular flexibility index (Phi) is 3.41. The first-order valence-electron chi connectivity index (χ1n) is 4.81. The molecule has 3 nitrogen and oxygen atoms in total. The molecule has 3 heteroatoms. The third kappa shape index (κ3) is 3.14. The predicted octanol–water partition coefficient (Wildman–Crippen LogP) is 2.19. The highest BCUT2D eigenvalue weighted by molar-refractivity contribution is 5.10. The number of hydrogen-bond donors (Lipinski definition) is 0. The SMILES string of the molecule is c1cc(COCc2ccncc2)ccn1. The molecule has 15 heavy (non-hydrogen) atoms. The zero-order chi connectivity index (χ0) is 10.3. The quantitative estimate of drug-likeness (QED) is 0.758. The van der Waals surface area contributed by atoms with Gasteiger partial charge in [-0.3, -0.25) is 9.97 Å². The standard InChI is InChI=1S/C12H12N2O/c1-5-13-6-2-11(1)9-15-10-12-3-7-14-8-4-12/h1-8H,9-10H2. The number of aromatic nitrogens is 2. The Morgan fingerprint density at radius 3 is 1.53 bits per heavy atom. The summed E-state index contributed by atoms with van der Waals surface area (Å²) in [6, 6.07) is 7.80. The molecule has 0 bridgehead atoms. The van der Waals surface area contributed by atoms with Crippen molar-refractivity contribution < 1.29 is 4.74 Å². The maximum absolute atomic E-state index is 5.55. The lowest BCUT2D eigenvalue weighted by molar-refractivity contribution is 0.107. The van der Waals surface area contributed by atoms with E-state index in [9.17, 15) is 0 Å². The highest BCUT2D eigenvalue weighted by Crippen LogP contribution is 2.03. The van der Waals surface area contributed by atoms with Crippen molar-refractivity contribution in [3.05, 3.63) is 60.2 Å². The topological polar surface area (TPSA) is 35.0 Å². The molecule has 0 N–H and O–H groups in total. The van der Waals surface area contributed by atoms with Gasteiger partial charge in [0.2, 0.25) is 0 Å². The molecule has 0 amide bonds. The Bertz CT molecular complexity index is 349. The molecule has 0 saturated heterocycles. The highest BCUT2D eigenvalue weighted by atomic mass is 16.5. The Balaban J connectivity index is 1.81. The second-order valence-corrected chi connectivity index (χ2v) is 3.20. The van der Waals surface area contributed by atoms with Gasteiger partial charge in [0.05, 0.1) is 13.2 Å². The van der Waals surface area contributed by atoms with Gasteiger partial charge in [-0.1, -0.05) is 0 Å². The van der Waals surface area contributed by atoms with E-state index in [0.717, 1.165) is 11.1 Å². The largest absolute Gasteiger partial charge is 0.372 e. The minimum absolute atomic E-state index is 0.616. The van der Waals surface area contributed by atoms with Gasteiger partial charge in [0.15, 0.2) is 0 Å². The molecule has 0 spiro atoms. The lowest BCUT2D eigenvalue weighted by atomic mass is 10.3. The fraction of sp³-hybridized carbons (Fsp3) is 0.167. The molecule has 76 valence electrons.